The quantitative estimate of drug-likeness (QED) is 0.719. The number of carbonyl (C=O) groups excluding carboxylic acids is 1. The summed E-state index contributed by atoms with van der Waals surface area (Å²) in [5.41, 5.74) is 2.12. The molecule has 0 spiro atoms. The molecule has 0 aliphatic rings. The predicted octanol–water partition coefficient (Wildman–Crippen LogP) is 4.33. The molecular weight excluding hydrogens is 264 g/mol. The second-order valence-corrected chi connectivity index (χ2v) is 5.89. The predicted molar refractivity (Wildman–Crippen MR) is 85.9 cm³/mol. The fourth-order valence-corrected chi connectivity index (χ4v) is 2.10. The van der Waals surface area contributed by atoms with Gasteiger partial charge in [-0.15, -0.1) is 0 Å². The van der Waals surface area contributed by atoms with Gasteiger partial charge in [0.25, 0.3) is 0 Å². The average molecular weight is 284 g/mol. The molecular formula is C17H20N2O2. The number of amides is 2. The first-order valence-electron chi connectivity index (χ1n) is 6.83. The monoisotopic (exact) mass is 284 g/mol. The second-order valence-electron chi connectivity index (χ2n) is 5.89. The Morgan fingerprint density at radius 2 is 1.43 bits per heavy atom. The van der Waals surface area contributed by atoms with E-state index in [1.807, 2.05) is 24.3 Å². The molecule has 0 radical (unpaired) electrons. The van der Waals surface area contributed by atoms with Crippen molar-refractivity contribution in [1.82, 2.24) is 0 Å². The molecule has 0 fully saturated rings. The van der Waals surface area contributed by atoms with Gasteiger partial charge in [0, 0.05) is 5.69 Å². The molecule has 0 saturated carbocycles. The lowest BCUT2D eigenvalue weighted by molar-refractivity contribution is 0.262. The zero-order valence-electron chi connectivity index (χ0n) is 12.5. The molecule has 0 bridgehead atoms. The molecule has 0 unspecified atom stereocenters. The Kier molecular flexibility index (Phi) is 4.17. The van der Waals surface area contributed by atoms with Crippen LogP contribution in [0, 0.1) is 0 Å². The van der Waals surface area contributed by atoms with Crippen molar-refractivity contribution in [3.05, 3.63) is 54.1 Å². The molecule has 21 heavy (non-hydrogen) atoms. The maximum absolute atomic E-state index is 12.1. The van der Waals surface area contributed by atoms with E-state index < -0.39 is 0 Å². The highest BCUT2D eigenvalue weighted by molar-refractivity contribution is 6.01. The van der Waals surface area contributed by atoms with Gasteiger partial charge in [-0.3, -0.25) is 0 Å². The van der Waals surface area contributed by atoms with Crippen molar-refractivity contribution in [2.45, 2.75) is 26.2 Å². The molecule has 0 aliphatic carbocycles. The number of nitrogens with one attached hydrogen (secondary N) is 2. The van der Waals surface area contributed by atoms with Crippen LogP contribution >= 0.6 is 0 Å². The molecule has 4 heteroatoms. The van der Waals surface area contributed by atoms with Crippen LogP contribution in [0.4, 0.5) is 16.2 Å². The highest BCUT2D eigenvalue weighted by atomic mass is 16.3. The molecule has 0 atom stereocenters. The number of anilines is 2. The molecule has 2 aromatic carbocycles. The summed E-state index contributed by atoms with van der Waals surface area (Å²) in [4.78, 5) is 12.1. The van der Waals surface area contributed by atoms with Gasteiger partial charge in [-0.25, -0.2) is 4.79 Å². The van der Waals surface area contributed by atoms with Gasteiger partial charge in [0.15, 0.2) is 0 Å². The molecule has 3 N–H and O–H groups in total. The summed E-state index contributed by atoms with van der Waals surface area (Å²) < 4.78 is 0. The van der Waals surface area contributed by atoms with E-state index in [0.29, 0.717) is 5.69 Å². The number of hydrogen-bond donors (Lipinski definition) is 3. The van der Waals surface area contributed by atoms with Gasteiger partial charge in [0.1, 0.15) is 5.75 Å². The van der Waals surface area contributed by atoms with Gasteiger partial charge < -0.3 is 15.7 Å². The normalized spacial score (nSPS) is 11.0. The van der Waals surface area contributed by atoms with Gasteiger partial charge >= 0.3 is 6.03 Å². The van der Waals surface area contributed by atoms with Crippen molar-refractivity contribution in [3.8, 4) is 5.75 Å². The molecule has 0 aromatic heterocycles. The second kappa shape index (κ2) is 5.87. The minimum Gasteiger partial charge on any atom is -0.506 e. The third-order valence-corrected chi connectivity index (χ3v) is 3.14. The van der Waals surface area contributed by atoms with Crippen molar-refractivity contribution < 1.29 is 9.90 Å². The van der Waals surface area contributed by atoms with Crippen LogP contribution < -0.4 is 10.6 Å². The lowest BCUT2D eigenvalue weighted by Gasteiger charge is -2.23. The lowest BCUT2D eigenvalue weighted by atomic mass is 9.86. The van der Waals surface area contributed by atoms with E-state index in [4.69, 9.17) is 0 Å². The first kappa shape index (κ1) is 14.9. The van der Waals surface area contributed by atoms with Crippen LogP contribution in [-0.2, 0) is 5.41 Å². The number of hydrogen-bond acceptors (Lipinski definition) is 2. The van der Waals surface area contributed by atoms with Crippen molar-refractivity contribution >= 4 is 17.4 Å². The SMILES string of the molecule is CC(C)(C)c1ccccc1NC(=O)Nc1ccccc1O. The summed E-state index contributed by atoms with van der Waals surface area (Å²) in [6.45, 7) is 6.28. The first-order chi connectivity index (χ1) is 9.88. The number of aromatic hydroxyl groups is 1. The maximum Gasteiger partial charge on any atom is 0.323 e. The molecule has 0 saturated heterocycles. The van der Waals surface area contributed by atoms with Crippen molar-refractivity contribution in [3.63, 3.8) is 0 Å². The van der Waals surface area contributed by atoms with Crippen LogP contribution in [-0.4, -0.2) is 11.1 Å². The minimum absolute atomic E-state index is 0.0387. The van der Waals surface area contributed by atoms with Gasteiger partial charge in [-0.05, 0) is 29.2 Å². The summed E-state index contributed by atoms with van der Waals surface area (Å²) in [7, 11) is 0. The van der Waals surface area contributed by atoms with Gasteiger partial charge in [0.05, 0.1) is 5.69 Å². The third-order valence-electron chi connectivity index (χ3n) is 3.14. The zero-order chi connectivity index (χ0) is 15.5. The van der Waals surface area contributed by atoms with Crippen LogP contribution in [0.25, 0.3) is 0 Å². The molecule has 2 rings (SSSR count). The van der Waals surface area contributed by atoms with Gasteiger partial charge in [-0.2, -0.15) is 0 Å². The molecule has 4 nitrogen and oxygen atoms in total. The fraction of sp³-hybridized carbons (Fsp3) is 0.235. The number of phenolic OH excluding ortho intramolecular Hbond substituents is 1. The number of carbonyl (C=O) groups is 1. The van der Waals surface area contributed by atoms with E-state index in [9.17, 15) is 9.90 Å². The lowest BCUT2D eigenvalue weighted by Crippen LogP contribution is -2.22. The number of urea groups is 1. The summed E-state index contributed by atoms with van der Waals surface area (Å²) in [6.07, 6.45) is 0. The number of benzene rings is 2. The van der Waals surface area contributed by atoms with E-state index >= 15 is 0 Å². The summed E-state index contributed by atoms with van der Waals surface area (Å²) in [5.74, 6) is 0.0387. The first-order valence-corrected chi connectivity index (χ1v) is 6.83. The Bertz CT molecular complexity index is 645. The van der Waals surface area contributed by atoms with Crippen LogP contribution in [0.3, 0.4) is 0 Å². The van der Waals surface area contributed by atoms with E-state index in [1.165, 1.54) is 6.07 Å². The number of para-hydroxylation sites is 3. The Morgan fingerprint density at radius 3 is 2.05 bits per heavy atom. The van der Waals surface area contributed by atoms with E-state index in [1.54, 1.807) is 18.2 Å². The standard InChI is InChI=1S/C17H20N2O2/c1-17(2,3)12-8-4-5-9-13(12)18-16(21)19-14-10-6-7-11-15(14)20/h4-11,20H,1-3H3,(H2,18,19,21). The van der Waals surface area contributed by atoms with Crippen molar-refractivity contribution in [2.75, 3.05) is 10.6 Å². The highest BCUT2D eigenvalue weighted by Crippen LogP contribution is 2.29. The molecule has 110 valence electrons. The molecule has 2 aromatic rings. The smallest absolute Gasteiger partial charge is 0.323 e. The molecule has 0 heterocycles. The summed E-state index contributed by atoms with van der Waals surface area (Å²) in [6, 6.07) is 13.9. The summed E-state index contributed by atoms with van der Waals surface area (Å²) >= 11 is 0. The van der Waals surface area contributed by atoms with Crippen molar-refractivity contribution in [2.24, 2.45) is 0 Å². The van der Waals surface area contributed by atoms with Crippen LogP contribution in [0.5, 0.6) is 5.75 Å². The van der Waals surface area contributed by atoms with E-state index in [2.05, 4.69) is 31.4 Å². The van der Waals surface area contributed by atoms with Crippen LogP contribution in [0.1, 0.15) is 26.3 Å². The third kappa shape index (κ3) is 3.75. The zero-order valence-corrected chi connectivity index (χ0v) is 12.5. The Morgan fingerprint density at radius 1 is 0.905 bits per heavy atom. The highest BCUT2D eigenvalue weighted by Gasteiger charge is 2.18. The van der Waals surface area contributed by atoms with Gasteiger partial charge in [0.2, 0.25) is 0 Å². The van der Waals surface area contributed by atoms with E-state index in [-0.39, 0.29) is 17.2 Å². The average Bonchev–Trinajstić information content (AvgIpc) is 2.41. The number of rotatable bonds is 2. The minimum atomic E-state index is -0.381. The Balaban J connectivity index is 2.16. The molecule has 2 amide bonds. The fourth-order valence-electron chi connectivity index (χ4n) is 2.10. The molecule has 0 aliphatic heterocycles. The van der Waals surface area contributed by atoms with E-state index in [0.717, 1.165) is 11.3 Å². The maximum atomic E-state index is 12.1. The van der Waals surface area contributed by atoms with Crippen LogP contribution in [0.2, 0.25) is 0 Å². The Labute approximate surface area is 124 Å². The van der Waals surface area contributed by atoms with Crippen molar-refractivity contribution in [1.29, 1.82) is 0 Å². The van der Waals surface area contributed by atoms with Gasteiger partial charge in [-0.1, -0.05) is 51.1 Å². The summed E-state index contributed by atoms with van der Waals surface area (Å²) in [5, 5.41) is 15.1. The largest absolute Gasteiger partial charge is 0.506 e. The van der Waals surface area contributed by atoms with Crippen LogP contribution in [0.15, 0.2) is 48.5 Å². The topological polar surface area (TPSA) is 61.4 Å². The Hall–Kier alpha value is -2.49. The number of phenols is 1.